The van der Waals surface area contributed by atoms with E-state index in [0.29, 0.717) is 5.75 Å². The summed E-state index contributed by atoms with van der Waals surface area (Å²) in [7, 11) is -2.09. The van der Waals surface area contributed by atoms with Crippen molar-refractivity contribution >= 4 is 16.0 Å². The first kappa shape index (κ1) is 17.4. The van der Waals surface area contributed by atoms with Crippen LogP contribution in [-0.2, 0) is 19.6 Å². The molecule has 0 radical (unpaired) electrons. The number of hydrogen-bond acceptors (Lipinski definition) is 5. The van der Waals surface area contributed by atoms with Gasteiger partial charge in [0.2, 0.25) is 10.0 Å². The third-order valence-electron chi connectivity index (χ3n) is 2.68. The highest BCUT2D eigenvalue weighted by atomic mass is 32.2. The number of sulfonamides is 1. The van der Waals surface area contributed by atoms with Gasteiger partial charge < -0.3 is 14.6 Å². The summed E-state index contributed by atoms with van der Waals surface area (Å²) in [6.07, 6.45) is -0.338. The van der Waals surface area contributed by atoms with E-state index in [1.807, 2.05) is 0 Å². The fraction of sp³-hybridized carbons (Fsp3) is 0.462. The highest BCUT2D eigenvalue weighted by molar-refractivity contribution is 7.89. The molecule has 1 aromatic rings. The first-order chi connectivity index (χ1) is 9.85. The third-order valence-corrected chi connectivity index (χ3v) is 4.12. The molecule has 0 aliphatic heterocycles. The van der Waals surface area contributed by atoms with Crippen molar-refractivity contribution in [3.05, 3.63) is 24.3 Å². The molecule has 1 unspecified atom stereocenters. The molecule has 8 heteroatoms. The van der Waals surface area contributed by atoms with Crippen LogP contribution in [0.3, 0.4) is 0 Å². The Labute approximate surface area is 123 Å². The third kappa shape index (κ3) is 6.11. The minimum absolute atomic E-state index is 0.0328. The Morgan fingerprint density at radius 1 is 1.33 bits per heavy atom. The second-order valence-corrected chi connectivity index (χ2v) is 6.13. The van der Waals surface area contributed by atoms with Crippen LogP contribution in [0.5, 0.6) is 5.75 Å². The zero-order chi connectivity index (χ0) is 15.9. The van der Waals surface area contributed by atoms with Crippen LogP contribution < -0.4 is 9.46 Å². The van der Waals surface area contributed by atoms with Gasteiger partial charge in [-0.1, -0.05) is 0 Å². The molecule has 118 valence electrons. The predicted molar refractivity (Wildman–Crippen MR) is 75.8 cm³/mol. The van der Waals surface area contributed by atoms with Crippen LogP contribution in [0.2, 0.25) is 0 Å². The molecule has 1 atom stereocenters. The van der Waals surface area contributed by atoms with Gasteiger partial charge in [0.15, 0.2) is 0 Å². The fourth-order valence-electron chi connectivity index (χ4n) is 1.36. The van der Waals surface area contributed by atoms with E-state index in [2.05, 4.69) is 4.72 Å². The fourth-order valence-corrected chi connectivity index (χ4v) is 2.48. The second-order valence-electron chi connectivity index (χ2n) is 4.36. The predicted octanol–water partition coefficient (Wildman–Crippen LogP) is 0.853. The molecule has 2 N–H and O–H groups in total. The number of carboxylic acids is 1. The van der Waals surface area contributed by atoms with Gasteiger partial charge in [-0.3, -0.25) is 4.79 Å². The largest absolute Gasteiger partial charge is 0.493 e. The van der Waals surface area contributed by atoms with E-state index in [4.69, 9.17) is 14.6 Å². The van der Waals surface area contributed by atoms with Gasteiger partial charge in [0.1, 0.15) is 5.75 Å². The number of carboxylic acid groups (broad SMARTS) is 1. The number of carbonyl (C=O) groups is 1. The second kappa shape index (κ2) is 7.96. The Morgan fingerprint density at radius 2 is 1.95 bits per heavy atom. The van der Waals surface area contributed by atoms with Crippen molar-refractivity contribution in [2.24, 2.45) is 0 Å². The van der Waals surface area contributed by atoms with Crippen molar-refractivity contribution in [2.75, 3.05) is 20.3 Å². The molecule has 21 heavy (non-hydrogen) atoms. The molecule has 0 aromatic heterocycles. The van der Waals surface area contributed by atoms with Crippen LogP contribution in [0, 0.1) is 0 Å². The monoisotopic (exact) mass is 317 g/mol. The molecule has 0 aliphatic carbocycles. The van der Waals surface area contributed by atoms with E-state index in [1.165, 1.54) is 31.4 Å². The summed E-state index contributed by atoms with van der Waals surface area (Å²) in [5.41, 5.74) is 0. The first-order valence-corrected chi connectivity index (χ1v) is 7.80. The number of hydrogen-bond donors (Lipinski definition) is 2. The maximum atomic E-state index is 12.0. The summed E-state index contributed by atoms with van der Waals surface area (Å²) in [4.78, 5) is 10.5. The van der Waals surface area contributed by atoms with E-state index < -0.39 is 16.0 Å². The maximum Gasteiger partial charge on any atom is 0.306 e. The van der Waals surface area contributed by atoms with Gasteiger partial charge in [-0.2, -0.15) is 0 Å². The molecule has 7 nitrogen and oxygen atoms in total. The first-order valence-electron chi connectivity index (χ1n) is 6.32. The average molecular weight is 317 g/mol. The molecular formula is C13H19NO6S. The molecule has 0 amide bonds. The summed E-state index contributed by atoms with van der Waals surface area (Å²) in [5.74, 6) is -0.536. The summed E-state index contributed by atoms with van der Waals surface area (Å²) in [6.45, 7) is 1.96. The number of rotatable bonds is 9. The van der Waals surface area contributed by atoms with Crippen LogP contribution >= 0.6 is 0 Å². The Kier molecular flexibility index (Phi) is 6.60. The molecule has 0 fully saturated rings. The van der Waals surface area contributed by atoms with Crippen molar-refractivity contribution in [2.45, 2.75) is 24.3 Å². The Balaban J connectivity index is 2.61. The average Bonchev–Trinajstić information content (AvgIpc) is 2.45. The smallest absolute Gasteiger partial charge is 0.306 e. The standard InChI is InChI=1S/C13H19NO6S/c1-10(19-2)9-14-21(17,18)12-5-3-11(4-6-12)20-8-7-13(15)16/h3-6,10,14H,7-9H2,1-2H3,(H,15,16). The molecule has 0 heterocycles. The lowest BCUT2D eigenvalue weighted by Crippen LogP contribution is -2.31. The molecule has 1 rings (SSSR count). The molecule has 0 spiro atoms. The molecule has 0 bridgehead atoms. The lowest BCUT2D eigenvalue weighted by Gasteiger charge is -2.11. The zero-order valence-corrected chi connectivity index (χ0v) is 12.7. The summed E-state index contributed by atoms with van der Waals surface area (Å²) in [6, 6.07) is 5.76. The van der Waals surface area contributed by atoms with Gasteiger partial charge in [-0.15, -0.1) is 0 Å². The molecule has 0 saturated carbocycles. The molecule has 0 aliphatic rings. The Bertz CT molecular complexity index is 555. The molecule has 1 aromatic carbocycles. The van der Waals surface area contributed by atoms with E-state index in [0.717, 1.165) is 0 Å². The minimum atomic E-state index is -3.60. The van der Waals surface area contributed by atoms with Gasteiger partial charge in [0.25, 0.3) is 0 Å². The van der Waals surface area contributed by atoms with Gasteiger partial charge in [-0.25, -0.2) is 13.1 Å². The van der Waals surface area contributed by atoms with Crippen LogP contribution in [0.4, 0.5) is 0 Å². The van der Waals surface area contributed by atoms with Crippen molar-refractivity contribution in [1.82, 2.24) is 4.72 Å². The Morgan fingerprint density at radius 3 is 2.48 bits per heavy atom. The van der Waals surface area contributed by atoms with Crippen LogP contribution in [0.1, 0.15) is 13.3 Å². The number of nitrogens with one attached hydrogen (secondary N) is 1. The zero-order valence-electron chi connectivity index (χ0n) is 11.9. The molecule has 0 saturated heterocycles. The van der Waals surface area contributed by atoms with Gasteiger partial charge >= 0.3 is 5.97 Å². The van der Waals surface area contributed by atoms with E-state index in [1.54, 1.807) is 6.92 Å². The van der Waals surface area contributed by atoms with E-state index in [9.17, 15) is 13.2 Å². The summed E-state index contributed by atoms with van der Waals surface area (Å²) in [5, 5.41) is 8.49. The van der Waals surface area contributed by atoms with Gasteiger partial charge in [-0.05, 0) is 31.2 Å². The van der Waals surface area contributed by atoms with Crippen molar-refractivity contribution < 1.29 is 27.8 Å². The molecular weight excluding hydrogens is 298 g/mol. The van der Waals surface area contributed by atoms with Crippen molar-refractivity contribution in [3.8, 4) is 5.75 Å². The van der Waals surface area contributed by atoms with Crippen LogP contribution in [-0.4, -0.2) is 45.9 Å². The minimum Gasteiger partial charge on any atom is -0.493 e. The SMILES string of the molecule is COC(C)CNS(=O)(=O)c1ccc(OCCC(=O)O)cc1. The summed E-state index contributed by atoms with van der Waals surface area (Å²) >= 11 is 0. The summed E-state index contributed by atoms with van der Waals surface area (Å²) < 4.78 is 36.5. The van der Waals surface area contributed by atoms with Crippen molar-refractivity contribution in [3.63, 3.8) is 0 Å². The van der Waals surface area contributed by atoms with E-state index >= 15 is 0 Å². The topological polar surface area (TPSA) is 102 Å². The lowest BCUT2D eigenvalue weighted by molar-refractivity contribution is -0.137. The quantitative estimate of drug-likeness (QED) is 0.700. The number of methoxy groups -OCH3 is 1. The van der Waals surface area contributed by atoms with Crippen molar-refractivity contribution in [1.29, 1.82) is 0 Å². The highest BCUT2D eigenvalue weighted by Crippen LogP contribution is 2.16. The Hall–Kier alpha value is -1.64. The van der Waals surface area contributed by atoms with Gasteiger partial charge in [0, 0.05) is 13.7 Å². The van der Waals surface area contributed by atoms with E-state index in [-0.39, 0.29) is 30.6 Å². The normalized spacial score (nSPS) is 12.9. The van der Waals surface area contributed by atoms with Gasteiger partial charge in [0.05, 0.1) is 24.0 Å². The number of ether oxygens (including phenoxy) is 2. The number of aliphatic carboxylic acids is 1. The lowest BCUT2D eigenvalue weighted by atomic mass is 10.3. The van der Waals surface area contributed by atoms with Crippen LogP contribution in [0.15, 0.2) is 29.2 Å². The maximum absolute atomic E-state index is 12.0. The number of benzene rings is 1. The highest BCUT2D eigenvalue weighted by Gasteiger charge is 2.15. The van der Waals surface area contributed by atoms with Crippen LogP contribution in [0.25, 0.3) is 0 Å².